The number of amides is 1. The maximum atomic E-state index is 13.0. The van der Waals surface area contributed by atoms with Crippen LogP contribution >= 0.6 is 11.8 Å². The summed E-state index contributed by atoms with van der Waals surface area (Å²) in [6.07, 6.45) is 1.62. The van der Waals surface area contributed by atoms with Crippen molar-refractivity contribution in [2.24, 2.45) is 0 Å². The third kappa shape index (κ3) is 2.79. The molecule has 1 fully saturated rings. The average molecular weight is 367 g/mol. The highest BCUT2D eigenvalue weighted by molar-refractivity contribution is 8.01. The summed E-state index contributed by atoms with van der Waals surface area (Å²) in [7, 11) is 2.66. The van der Waals surface area contributed by atoms with Crippen LogP contribution in [0.15, 0.2) is 24.3 Å². The first-order chi connectivity index (χ1) is 11.8. The maximum Gasteiger partial charge on any atom is 0.342 e. The fourth-order valence-corrected chi connectivity index (χ4v) is 3.58. The van der Waals surface area contributed by atoms with Gasteiger partial charge in [0.25, 0.3) is 0 Å². The molecule has 1 aromatic carbocycles. The molecular weight excluding hydrogens is 346 g/mol. The number of methoxy groups -OCH3 is 2. The monoisotopic (exact) mass is 367 g/mol. The van der Waals surface area contributed by atoms with Gasteiger partial charge >= 0.3 is 5.97 Å². The number of esters is 1. The predicted octanol–water partition coefficient (Wildman–Crippen LogP) is 0.632. The number of nitrogens with zero attached hydrogens (tertiary/aromatic N) is 1. The number of rotatable bonds is 6. The zero-order valence-corrected chi connectivity index (χ0v) is 15.4. The number of Topliss-reactive ketones (excluding diaryl/α,β-unsaturated/α-hetero) is 1. The molecular formula is C17H21NO6S. The van der Waals surface area contributed by atoms with Gasteiger partial charge in [0.2, 0.25) is 11.4 Å². The van der Waals surface area contributed by atoms with Crippen molar-refractivity contribution in [2.45, 2.75) is 23.8 Å². The molecule has 2 atom stereocenters. The molecule has 1 aromatic rings. The van der Waals surface area contributed by atoms with Crippen molar-refractivity contribution < 1.29 is 29.0 Å². The van der Waals surface area contributed by atoms with Crippen LogP contribution in [0.3, 0.4) is 0 Å². The van der Waals surface area contributed by atoms with Gasteiger partial charge in [0, 0.05) is 6.54 Å². The molecule has 0 bridgehead atoms. The van der Waals surface area contributed by atoms with Gasteiger partial charge in [-0.25, -0.2) is 4.79 Å². The van der Waals surface area contributed by atoms with Crippen molar-refractivity contribution in [3.8, 4) is 5.75 Å². The van der Waals surface area contributed by atoms with Crippen molar-refractivity contribution in [1.82, 2.24) is 4.90 Å². The second-order valence-electron chi connectivity index (χ2n) is 5.82. The van der Waals surface area contributed by atoms with E-state index in [2.05, 4.69) is 0 Å². The van der Waals surface area contributed by atoms with Crippen LogP contribution in [0.1, 0.15) is 12.5 Å². The van der Waals surface area contributed by atoms with Gasteiger partial charge in [0.05, 0.1) is 20.8 Å². The van der Waals surface area contributed by atoms with E-state index in [1.807, 2.05) is 0 Å². The molecule has 136 valence electrons. The maximum absolute atomic E-state index is 13.0. The molecule has 0 aliphatic carbocycles. The van der Waals surface area contributed by atoms with Crippen LogP contribution in [0.25, 0.3) is 0 Å². The minimum atomic E-state index is -2.04. The molecule has 1 aliphatic heterocycles. The third-order valence-corrected chi connectivity index (χ3v) is 5.76. The van der Waals surface area contributed by atoms with Crippen molar-refractivity contribution >= 4 is 29.4 Å². The highest BCUT2D eigenvalue weighted by atomic mass is 32.2. The molecule has 0 aromatic heterocycles. The van der Waals surface area contributed by atoms with Gasteiger partial charge in [-0.05, 0) is 30.9 Å². The summed E-state index contributed by atoms with van der Waals surface area (Å²) >= 11 is 1.04. The van der Waals surface area contributed by atoms with Crippen molar-refractivity contribution in [3.05, 3.63) is 29.8 Å². The topological polar surface area (TPSA) is 93.1 Å². The molecule has 1 saturated heterocycles. The van der Waals surface area contributed by atoms with E-state index in [-0.39, 0.29) is 6.54 Å². The minimum absolute atomic E-state index is 0.0135. The lowest BCUT2D eigenvalue weighted by Crippen LogP contribution is -2.59. The molecule has 1 heterocycles. The third-order valence-electron chi connectivity index (χ3n) is 4.58. The molecule has 7 nitrogen and oxygen atoms in total. The highest BCUT2D eigenvalue weighted by Crippen LogP contribution is 2.42. The van der Waals surface area contributed by atoms with Gasteiger partial charge < -0.3 is 19.5 Å². The Kier molecular flexibility index (Phi) is 5.43. The lowest BCUT2D eigenvalue weighted by atomic mass is 9.91. The lowest BCUT2D eigenvalue weighted by Gasteiger charge is -2.32. The summed E-state index contributed by atoms with van der Waals surface area (Å²) in [6.45, 7) is 0.612. The number of hydrogen-bond donors (Lipinski definition) is 1. The Balaban J connectivity index is 2.51. The standard InChI is InChI=1S/C17H21NO6S/c1-16(25-4)13(20)17(10-19,15(22)24-3)18(14(16)21)9-11-5-7-12(23-2)8-6-11/h5-8,19H,9-10H2,1-4H3/t16-,17-/m1/s1. The van der Waals surface area contributed by atoms with Crippen LogP contribution in [-0.2, 0) is 25.7 Å². The molecule has 8 heteroatoms. The SMILES string of the molecule is COC(=O)[C@@]1(CO)C(=O)[C@@](C)(SC)C(=O)N1Cc1ccc(OC)cc1. The first-order valence-electron chi connectivity index (χ1n) is 7.56. The zero-order valence-electron chi connectivity index (χ0n) is 14.6. The van der Waals surface area contributed by atoms with E-state index in [4.69, 9.17) is 9.47 Å². The summed E-state index contributed by atoms with van der Waals surface area (Å²) < 4.78 is 8.39. The molecule has 1 N–H and O–H groups in total. The number of benzene rings is 1. The van der Waals surface area contributed by atoms with Crippen LogP contribution in [0, 0.1) is 0 Å². The van der Waals surface area contributed by atoms with E-state index in [1.165, 1.54) is 14.0 Å². The van der Waals surface area contributed by atoms with Crippen LogP contribution in [0.4, 0.5) is 0 Å². The number of thioether (sulfide) groups is 1. The fourth-order valence-electron chi connectivity index (χ4n) is 2.94. The normalized spacial score (nSPS) is 26.0. The first kappa shape index (κ1) is 19.3. The number of ketones is 1. The molecule has 0 spiro atoms. The lowest BCUT2D eigenvalue weighted by molar-refractivity contribution is -0.163. The quantitative estimate of drug-likeness (QED) is 0.582. The average Bonchev–Trinajstić information content (AvgIpc) is 2.81. The van der Waals surface area contributed by atoms with Crippen LogP contribution in [0.2, 0.25) is 0 Å². The Hall–Kier alpha value is -2.06. The van der Waals surface area contributed by atoms with Gasteiger partial charge in [-0.3, -0.25) is 9.59 Å². The summed E-state index contributed by atoms with van der Waals surface area (Å²) in [6, 6.07) is 6.88. The summed E-state index contributed by atoms with van der Waals surface area (Å²) in [5.41, 5.74) is -1.35. The number of carbonyl (C=O) groups excluding carboxylic acids is 3. The largest absolute Gasteiger partial charge is 0.497 e. The van der Waals surface area contributed by atoms with Gasteiger partial charge in [-0.1, -0.05) is 12.1 Å². The predicted molar refractivity (Wildman–Crippen MR) is 92.3 cm³/mol. The van der Waals surface area contributed by atoms with E-state index < -0.39 is 34.6 Å². The number of hydrogen-bond acceptors (Lipinski definition) is 7. The smallest absolute Gasteiger partial charge is 0.342 e. The summed E-state index contributed by atoms with van der Waals surface area (Å²) in [5, 5.41) is 9.92. The minimum Gasteiger partial charge on any atom is -0.497 e. The molecule has 25 heavy (non-hydrogen) atoms. The van der Waals surface area contributed by atoms with Crippen LogP contribution < -0.4 is 4.74 Å². The first-order valence-corrected chi connectivity index (χ1v) is 8.78. The summed E-state index contributed by atoms with van der Waals surface area (Å²) in [4.78, 5) is 39.4. The van der Waals surface area contributed by atoms with Crippen LogP contribution in [-0.4, -0.2) is 65.0 Å². The molecule has 1 amide bonds. The van der Waals surface area contributed by atoms with Crippen LogP contribution in [0.5, 0.6) is 5.75 Å². The second kappa shape index (κ2) is 7.05. The Labute approximate surface area is 150 Å². The molecule has 2 rings (SSSR count). The number of aliphatic hydroxyl groups excluding tert-OH is 1. The Morgan fingerprint density at radius 1 is 1.24 bits per heavy atom. The van der Waals surface area contributed by atoms with E-state index in [9.17, 15) is 19.5 Å². The number of likely N-dealkylation sites (tertiary alicyclic amines) is 1. The van der Waals surface area contributed by atoms with E-state index >= 15 is 0 Å². The molecule has 0 unspecified atom stereocenters. The van der Waals surface area contributed by atoms with Gasteiger partial charge in [0.1, 0.15) is 5.75 Å². The molecule has 0 saturated carbocycles. The van der Waals surface area contributed by atoms with Crippen molar-refractivity contribution in [3.63, 3.8) is 0 Å². The van der Waals surface area contributed by atoms with E-state index in [1.54, 1.807) is 30.5 Å². The fraction of sp³-hybridized carbons (Fsp3) is 0.471. The van der Waals surface area contributed by atoms with E-state index in [0.29, 0.717) is 11.3 Å². The Morgan fingerprint density at radius 3 is 2.28 bits per heavy atom. The number of aliphatic hydroxyl groups is 1. The van der Waals surface area contributed by atoms with Gasteiger partial charge in [0.15, 0.2) is 10.5 Å². The number of carbonyl (C=O) groups is 3. The van der Waals surface area contributed by atoms with Gasteiger partial charge in [-0.15, -0.1) is 11.8 Å². The summed E-state index contributed by atoms with van der Waals surface area (Å²) in [5.74, 6) is -1.50. The Morgan fingerprint density at radius 2 is 1.84 bits per heavy atom. The second-order valence-corrected chi connectivity index (χ2v) is 7.04. The number of ether oxygens (including phenoxy) is 2. The zero-order chi connectivity index (χ0) is 18.8. The van der Waals surface area contributed by atoms with Crippen molar-refractivity contribution in [1.29, 1.82) is 0 Å². The highest BCUT2D eigenvalue weighted by Gasteiger charge is 2.68. The van der Waals surface area contributed by atoms with Gasteiger partial charge in [-0.2, -0.15) is 0 Å². The Bertz CT molecular complexity index is 691. The molecule has 1 aliphatic rings. The van der Waals surface area contributed by atoms with Crippen molar-refractivity contribution in [2.75, 3.05) is 27.1 Å². The molecule has 0 radical (unpaired) electrons. The van der Waals surface area contributed by atoms with E-state index in [0.717, 1.165) is 23.8 Å².